The minimum absolute atomic E-state index is 0.337. The van der Waals surface area contributed by atoms with Crippen molar-refractivity contribution in [2.75, 3.05) is 6.54 Å². The zero-order chi connectivity index (χ0) is 13.8. The number of hydrogen-bond donors (Lipinski definition) is 1. The van der Waals surface area contributed by atoms with Crippen LogP contribution in [-0.2, 0) is 0 Å². The van der Waals surface area contributed by atoms with E-state index in [1.165, 1.54) is 24.8 Å². The molecule has 1 aliphatic rings. The predicted molar refractivity (Wildman–Crippen MR) is 84.0 cm³/mol. The minimum atomic E-state index is 0.337. The maximum absolute atomic E-state index is 6.42. The van der Waals surface area contributed by atoms with Crippen LogP contribution in [0.4, 0.5) is 0 Å². The molecule has 106 valence electrons. The van der Waals surface area contributed by atoms with E-state index >= 15 is 0 Å². The van der Waals surface area contributed by atoms with Gasteiger partial charge in [0.05, 0.1) is 10.0 Å². The van der Waals surface area contributed by atoms with Gasteiger partial charge in [-0.25, -0.2) is 0 Å². The molecule has 0 aliphatic heterocycles. The number of benzene rings is 1. The third-order valence-electron chi connectivity index (χ3n) is 4.29. The summed E-state index contributed by atoms with van der Waals surface area (Å²) in [6.07, 6.45) is 5.07. The summed E-state index contributed by atoms with van der Waals surface area (Å²) < 4.78 is 0. The van der Waals surface area contributed by atoms with E-state index < -0.39 is 0 Å². The van der Waals surface area contributed by atoms with Gasteiger partial charge >= 0.3 is 0 Å². The number of nitrogens with one attached hydrogen (secondary N) is 1. The lowest BCUT2D eigenvalue weighted by molar-refractivity contribution is 0.302. The van der Waals surface area contributed by atoms with Gasteiger partial charge in [0, 0.05) is 6.04 Å². The molecule has 1 saturated carbocycles. The Kier molecular flexibility index (Phi) is 5.56. The van der Waals surface area contributed by atoms with Crippen LogP contribution in [0.1, 0.15) is 51.1 Å². The van der Waals surface area contributed by atoms with Crippen molar-refractivity contribution in [1.29, 1.82) is 0 Å². The molecule has 1 aromatic carbocycles. The van der Waals surface area contributed by atoms with Crippen molar-refractivity contribution in [2.45, 2.75) is 45.6 Å². The van der Waals surface area contributed by atoms with Crippen LogP contribution < -0.4 is 5.32 Å². The Bertz CT molecular complexity index is 419. The molecule has 1 aromatic rings. The first-order chi connectivity index (χ1) is 9.15. The molecule has 0 heterocycles. The Morgan fingerprint density at radius 3 is 2.74 bits per heavy atom. The normalized spacial score (nSPS) is 24.6. The second-order valence-electron chi connectivity index (χ2n) is 5.65. The molecule has 0 amide bonds. The molecule has 3 atom stereocenters. The zero-order valence-corrected chi connectivity index (χ0v) is 13.3. The lowest BCUT2D eigenvalue weighted by atomic mass is 9.85. The molecule has 3 heteroatoms. The molecule has 2 rings (SSSR count). The third kappa shape index (κ3) is 3.45. The predicted octanol–water partition coefficient (Wildman–Crippen LogP) is 5.47. The molecule has 0 aromatic heterocycles. The number of rotatable bonds is 5. The van der Waals surface area contributed by atoms with E-state index in [-0.39, 0.29) is 0 Å². The molecule has 1 N–H and O–H groups in total. The fourth-order valence-corrected chi connectivity index (χ4v) is 3.65. The SMILES string of the molecule is CCCNC(c1cccc(Cl)c1Cl)C1CCCC1C. The highest BCUT2D eigenvalue weighted by molar-refractivity contribution is 6.42. The molecule has 1 nitrogen and oxygen atoms in total. The first-order valence-electron chi connectivity index (χ1n) is 7.32. The highest BCUT2D eigenvalue weighted by Gasteiger charge is 2.32. The van der Waals surface area contributed by atoms with E-state index in [4.69, 9.17) is 23.2 Å². The monoisotopic (exact) mass is 299 g/mol. The van der Waals surface area contributed by atoms with Crippen molar-refractivity contribution in [3.05, 3.63) is 33.8 Å². The Hall–Kier alpha value is -0.240. The topological polar surface area (TPSA) is 12.0 Å². The van der Waals surface area contributed by atoms with Crippen molar-refractivity contribution in [1.82, 2.24) is 5.32 Å². The zero-order valence-electron chi connectivity index (χ0n) is 11.8. The Morgan fingerprint density at radius 1 is 1.32 bits per heavy atom. The van der Waals surface area contributed by atoms with Crippen molar-refractivity contribution in [2.24, 2.45) is 11.8 Å². The molecule has 1 fully saturated rings. The van der Waals surface area contributed by atoms with E-state index in [1.54, 1.807) is 0 Å². The van der Waals surface area contributed by atoms with Crippen LogP contribution >= 0.6 is 23.2 Å². The number of hydrogen-bond acceptors (Lipinski definition) is 1. The highest BCUT2D eigenvalue weighted by atomic mass is 35.5. The molecular weight excluding hydrogens is 277 g/mol. The van der Waals surface area contributed by atoms with Gasteiger partial charge in [0.15, 0.2) is 0 Å². The maximum Gasteiger partial charge on any atom is 0.0640 e. The second-order valence-corrected chi connectivity index (χ2v) is 6.43. The van der Waals surface area contributed by atoms with Crippen molar-refractivity contribution >= 4 is 23.2 Å². The van der Waals surface area contributed by atoms with E-state index in [2.05, 4.69) is 25.2 Å². The van der Waals surface area contributed by atoms with Crippen LogP contribution in [0.3, 0.4) is 0 Å². The summed E-state index contributed by atoms with van der Waals surface area (Å²) in [6.45, 7) is 5.58. The highest BCUT2D eigenvalue weighted by Crippen LogP contribution is 2.42. The van der Waals surface area contributed by atoms with Gasteiger partial charge in [-0.3, -0.25) is 0 Å². The molecule has 3 unspecified atom stereocenters. The maximum atomic E-state index is 6.42. The summed E-state index contributed by atoms with van der Waals surface area (Å²) in [5.74, 6) is 1.42. The smallest absolute Gasteiger partial charge is 0.0640 e. The molecule has 0 saturated heterocycles. The van der Waals surface area contributed by atoms with Crippen LogP contribution in [0.25, 0.3) is 0 Å². The Labute approximate surface area is 126 Å². The summed E-state index contributed by atoms with van der Waals surface area (Å²) >= 11 is 12.6. The lowest BCUT2D eigenvalue weighted by Gasteiger charge is -2.29. The van der Waals surface area contributed by atoms with E-state index in [9.17, 15) is 0 Å². The quantitative estimate of drug-likeness (QED) is 0.760. The van der Waals surface area contributed by atoms with E-state index in [1.807, 2.05) is 12.1 Å². The van der Waals surface area contributed by atoms with E-state index in [0.29, 0.717) is 17.0 Å². The van der Waals surface area contributed by atoms with Gasteiger partial charge in [0.1, 0.15) is 0 Å². The minimum Gasteiger partial charge on any atom is -0.310 e. The standard InChI is InChI=1S/C16H23Cl2N/c1-3-10-19-16(12-7-4-6-11(12)2)13-8-5-9-14(17)15(13)18/h5,8-9,11-12,16,19H,3-4,6-7,10H2,1-2H3. The van der Waals surface area contributed by atoms with E-state index in [0.717, 1.165) is 23.9 Å². The number of halogens is 2. The first-order valence-corrected chi connectivity index (χ1v) is 8.08. The van der Waals surface area contributed by atoms with Gasteiger partial charge in [-0.1, -0.05) is 62.0 Å². The average molecular weight is 300 g/mol. The van der Waals surface area contributed by atoms with Gasteiger partial charge in [-0.2, -0.15) is 0 Å². The fourth-order valence-electron chi connectivity index (χ4n) is 3.22. The molecule has 1 aliphatic carbocycles. The summed E-state index contributed by atoms with van der Waals surface area (Å²) in [6, 6.07) is 6.32. The van der Waals surface area contributed by atoms with Crippen LogP contribution in [-0.4, -0.2) is 6.54 Å². The fraction of sp³-hybridized carbons (Fsp3) is 0.625. The van der Waals surface area contributed by atoms with Crippen LogP contribution in [0, 0.1) is 11.8 Å². The second kappa shape index (κ2) is 6.97. The van der Waals surface area contributed by atoms with Crippen LogP contribution in [0.2, 0.25) is 10.0 Å². The molecule has 0 bridgehead atoms. The largest absolute Gasteiger partial charge is 0.310 e. The van der Waals surface area contributed by atoms with Crippen molar-refractivity contribution in [3.63, 3.8) is 0 Å². The summed E-state index contributed by atoms with van der Waals surface area (Å²) in [4.78, 5) is 0. The average Bonchev–Trinajstić information content (AvgIpc) is 2.81. The lowest BCUT2D eigenvalue weighted by Crippen LogP contribution is -2.30. The van der Waals surface area contributed by atoms with Crippen molar-refractivity contribution in [3.8, 4) is 0 Å². The van der Waals surface area contributed by atoms with Gasteiger partial charge in [0.2, 0.25) is 0 Å². The summed E-state index contributed by atoms with van der Waals surface area (Å²) in [5.41, 5.74) is 1.17. The van der Waals surface area contributed by atoms with Crippen LogP contribution in [0.5, 0.6) is 0 Å². The Balaban J connectivity index is 2.28. The molecule has 19 heavy (non-hydrogen) atoms. The first kappa shape index (κ1) is 15.2. The van der Waals surface area contributed by atoms with Crippen LogP contribution in [0.15, 0.2) is 18.2 Å². The van der Waals surface area contributed by atoms with Gasteiger partial charge in [-0.05, 0) is 42.9 Å². The Morgan fingerprint density at radius 2 is 2.11 bits per heavy atom. The summed E-state index contributed by atoms with van der Waals surface area (Å²) in [5, 5.41) is 5.06. The summed E-state index contributed by atoms with van der Waals surface area (Å²) in [7, 11) is 0. The molecular formula is C16H23Cl2N. The van der Waals surface area contributed by atoms with Gasteiger partial charge < -0.3 is 5.32 Å². The molecule has 0 spiro atoms. The van der Waals surface area contributed by atoms with Gasteiger partial charge in [0.25, 0.3) is 0 Å². The molecule has 0 radical (unpaired) electrons. The third-order valence-corrected chi connectivity index (χ3v) is 5.12. The van der Waals surface area contributed by atoms with Gasteiger partial charge in [-0.15, -0.1) is 0 Å². The van der Waals surface area contributed by atoms with Crippen molar-refractivity contribution < 1.29 is 0 Å².